The number of aliphatic hydroxyl groups is 1. The van der Waals surface area contributed by atoms with E-state index >= 15 is 0 Å². The van der Waals surface area contributed by atoms with Crippen LogP contribution in [-0.2, 0) is 65.4 Å². The topological polar surface area (TPSA) is 237 Å². The summed E-state index contributed by atoms with van der Waals surface area (Å²) < 4.78 is 68.7. The van der Waals surface area contributed by atoms with Gasteiger partial charge in [0.2, 0.25) is 0 Å². The van der Waals surface area contributed by atoms with E-state index in [1.807, 2.05) is 0 Å². The molecule has 0 aromatic carbocycles. The van der Waals surface area contributed by atoms with Crippen LogP contribution in [0.15, 0.2) is 0 Å². The van der Waals surface area contributed by atoms with Gasteiger partial charge in [-0.25, -0.2) is 9.13 Å². The zero-order valence-electron chi connectivity index (χ0n) is 65.8. The number of carbonyl (C=O) groups is 4. The molecule has 0 fully saturated rings. The number of carbonyl (C=O) groups excluding carboxylic acids is 4. The Morgan fingerprint density at radius 1 is 0.280 bits per heavy atom. The summed E-state index contributed by atoms with van der Waals surface area (Å²) >= 11 is 0. The van der Waals surface area contributed by atoms with Crippen molar-refractivity contribution < 1.29 is 80.2 Å². The molecule has 0 aliphatic heterocycles. The lowest BCUT2D eigenvalue weighted by Gasteiger charge is -2.21. The van der Waals surface area contributed by atoms with Gasteiger partial charge in [0, 0.05) is 25.7 Å². The van der Waals surface area contributed by atoms with Crippen molar-refractivity contribution in [1.29, 1.82) is 0 Å². The zero-order chi connectivity index (χ0) is 73.8. The van der Waals surface area contributed by atoms with E-state index in [4.69, 9.17) is 37.0 Å². The molecule has 0 amide bonds. The van der Waals surface area contributed by atoms with Gasteiger partial charge in [-0.3, -0.25) is 37.3 Å². The standard InChI is InChI=1S/C81H158O17P2/c1-9-74(8)60-52-44-36-28-21-23-29-37-45-53-61-78(83)91-67-76(97-80(85)63-55-47-39-30-19-17-15-13-11-10-12-14-16-18-25-33-41-49-57-71(2)3)69-95-99(87,88)93-65-75(82)66-94-100(89,90)96-70-77(68-92-79(84)62-54-46-38-32-24-27-35-43-51-59-73(6)7)98-81(86)64-56-48-40-31-22-20-26-34-42-50-58-72(4)5/h71-77,82H,9-70H2,1-8H3,(H,87,88)(H,89,90)/t74?,75-,76-,77-/m1/s1. The first kappa shape index (κ1) is 98.1. The van der Waals surface area contributed by atoms with Crippen molar-refractivity contribution in [2.45, 2.75) is 433 Å². The SMILES string of the molecule is CCC(C)CCCCCCCCCCCCC(=O)OC[C@H](COP(=O)(O)OC[C@@H](O)COP(=O)(O)OC[C@@H](COC(=O)CCCCCCCCCCCC(C)C)OC(=O)CCCCCCCCCCCCC(C)C)OC(=O)CCCCCCCCCCCCCCCCCCCCC(C)C. The van der Waals surface area contributed by atoms with Crippen LogP contribution in [0.1, 0.15) is 415 Å². The van der Waals surface area contributed by atoms with Gasteiger partial charge in [0.05, 0.1) is 26.4 Å². The lowest BCUT2D eigenvalue weighted by atomic mass is 9.99. The number of esters is 4. The summed E-state index contributed by atoms with van der Waals surface area (Å²) in [6.45, 7) is 14.3. The van der Waals surface area contributed by atoms with Crippen molar-refractivity contribution in [3.8, 4) is 0 Å². The summed E-state index contributed by atoms with van der Waals surface area (Å²) in [5.41, 5.74) is 0. The fourth-order valence-electron chi connectivity index (χ4n) is 12.4. The van der Waals surface area contributed by atoms with Crippen LogP contribution in [-0.4, -0.2) is 96.7 Å². The minimum Gasteiger partial charge on any atom is -0.462 e. The average Bonchev–Trinajstić information content (AvgIpc) is 0.922. The number of ether oxygens (including phenoxy) is 4. The highest BCUT2D eigenvalue weighted by molar-refractivity contribution is 7.47. The highest BCUT2D eigenvalue weighted by atomic mass is 31.2. The van der Waals surface area contributed by atoms with Gasteiger partial charge in [-0.15, -0.1) is 0 Å². The maximum atomic E-state index is 13.1. The van der Waals surface area contributed by atoms with Crippen LogP contribution in [0.2, 0.25) is 0 Å². The van der Waals surface area contributed by atoms with Crippen molar-refractivity contribution in [1.82, 2.24) is 0 Å². The molecule has 0 saturated heterocycles. The monoisotopic (exact) mass is 1470 g/mol. The Morgan fingerprint density at radius 2 is 0.480 bits per heavy atom. The van der Waals surface area contributed by atoms with Crippen LogP contribution < -0.4 is 0 Å². The summed E-state index contributed by atoms with van der Waals surface area (Å²) in [5.74, 6) is 1.01. The molecule has 0 radical (unpaired) electrons. The van der Waals surface area contributed by atoms with Gasteiger partial charge in [-0.1, -0.05) is 364 Å². The van der Waals surface area contributed by atoms with Crippen molar-refractivity contribution in [2.24, 2.45) is 23.7 Å². The van der Waals surface area contributed by atoms with Gasteiger partial charge in [0.25, 0.3) is 0 Å². The molecule has 0 rings (SSSR count). The second kappa shape index (κ2) is 70.1. The molecular weight excluding hydrogens is 1310 g/mol. The summed E-state index contributed by atoms with van der Waals surface area (Å²) in [6.07, 6.45) is 56.9. The van der Waals surface area contributed by atoms with E-state index in [1.165, 1.54) is 218 Å². The van der Waals surface area contributed by atoms with Crippen LogP contribution in [0.4, 0.5) is 0 Å². The Morgan fingerprint density at radius 3 is 0.710 bits per heavy atom. The molecule has 3 N–H and O–H groups in total. The lowest BCUT2D eigenvalue weighted by molar-refractivity contribution is -0.161. The van der Waals surface area contributed by atoms with Gasteiger partial charge in [0.1, 0.15) is 19.3 Å². The Kier molecular flexibility index (Phi) is 68.7. The summed E-state index contributed by atoms with van der Waals surface area (Å²) in [4.78, 5) is 73.0. The Bertz CT molecular complexity index is 1960. The van der Waals surface area contributed by atoms with Crippen molar-refractivity contribution >= 4 is 39.5 Å². The first-order chi connectivity index (χ1) is 48.1. The van der Waals surface area contributed by atoms with E-state index in [0.717, 1.165) is 114 Å². The molecule has 594 valence electrons. The van der Waals surface area contributed by atoms with Crippen molar-refractivity contribution in [2.75, 3.05) is 39.6 Å². The van der Waals surface area contributed by atoms with E-state index in [2.05, 4.69) is 55.4 Å². The molecule has 0 heterocycles. The number of phosphoric ester groups is 2. The Labute approximate surface area is 613 Å². The number of phosphoric acid groups is 2. The van der Waals surface area contributed by atoms with E-state index in [1.54, 1.807) is 0 Å². The molecule has 19 heteroatoms. The van der Waals surface area contributed by atoms with E-state index in [9.17, 15) is 43.2 Å². The maximum Gasteiger partial charge on any atom is 0.472 e. The van der Waals surface area contributed by atoms with Gasteiger partial charge in [-0.2, -0.15) is 0 Å². The smallest absolute Gasteiger partial charge is 0.462 e. The minimum absolute atomic E-state index is 0.105. The number of hydrogen-bond donors (Lipinski definition) is 3. The van der Waals surface area contributed by atoms with E-state index < -0.39 is 97.5 Å². The third-order valence-electron chi connectivity index (χ3n) is 19.2. The fraction of sp³-hybridized carbons (Fsp3) is 0.951. The van der Waals surface area contributed by atoms with Gasteiger partial charge >= 0.3 is 39.5 Å². The van der Waals surface area contributed by atoms with Crippen LogP contribution in [0, 0.1) is 23.7 Å². The Balaban J connectivity index is 5.24. The Hall–Kier alpha value is -1.94. The summed E-state index contributed by atoms with van der Waals surface area (Å²) in [6, 6.07) is 0. The maximum absolute atomic E-state index is 13.1. The third-order valence-corrected chi connectivity index (χ3v) is 21.1. The molecule has 0 bridgehead atoms. The fourth-order valence-corrected chi connectivity index (χ4v) is 14.0. The predicted octanol–water partition coefficient (Wildman–Crippen LogP) is 24.0. The second-order valence-electron chi connectivity index (χ2n) is 30.8. The highest BCUT2D eigenvalue weighted by Crippen LogP contribution is 2.45. The summed E-state index contributed by atoms with van der Waals surface area (Å²) in [7, 11) is -9.92. The molecule has 0 aliphatic carbocycles. The quantitative estimate of drug-likeness (QED) is 0.0222. The van der Waals surface area contributed by atoms with Crippen LogP contribution in [0.25, 0.3) is 0 Å². The molecule has 17 nitrogen and oxygen atoms in total. The number of hydrogen-bond acceptors (Lipinski definition) is 15. The summed E-state index contributed by atoms with van der Waals surface area (Å²) in [5, 5.41) is 10.6. The molecular formula is C81H158O17P2. The van der Waals surface area contributed by atoms with Crippen LogP contribution >= 0.6 is 15.6 Å². The molecule has 0 aromatic heterocycles. The average molecular weight is 1470 g/mol. The third kappa shape index (κ3) is 73.0. The minimum atomic E-state index is -4.96. The molecule has 0 saturated carbocycles. The van der Waals surface area contributed by atoms with Crippen molar-refractivity contribution in [3.05, 3.63) is 0 Å². The lowest BCUT2D eigenvalue weighted by Crippen LogP contribution is -2.30. The normalized spacial score (nSPS) is 14.3. The molecule has 0 aliphatic rings. The van der Waals surface area contributed by atoms with Crippen molar-refractivity contribution in [3.63, 3.8) is 0 Å². The van der Waals surface area contributed by atoms with Crippen LogP contribution in [0.5, 0.6) is 0 Å². The number of unbranched alkanes of at least 4 members (excludes halogenated alkanes) is 43. The highest BCUT2D eigenvalue weighted by Gasteiger charge is 2.30. The van der Waals surface area contributed by atoms with Gasteiger partial charge < -0.3 is 33.8 Å². The number of rotatable bonds is 78. The first-order valence-electron chi connectivity index (χ1n) is 41.7. The van der Waals surface area contributed by atoms with E-state index in [0.29, 0.717) is 25.7 Å². The van der Waals surface area contributed by atoms with E-state index in [-0.39, 0.29) is 25.7 Å². The predicted molar refractivity (Wildman–Crippen MR) is 409 cm³/mol. The second-order valence-corrected chi connectivity index (χ2v) is 33.7. The largest absolute Gasteiger partial charge is 0.472 e. The van der Waals surface area contributed by atoms with Gasteiger partial charge in [0.15, 0.2) is 12.2 Å². The molecule has 3 unspecified atom stereocenters. The van der Waals surface area contributed by atoms with Gasteiger partial charge in [-0.05, 0) is 49.4 Å². The number of aliphatic hydroxyl groups excluding tert-OH is 1. The molecule has 0 aromatic rings. The zero-order valence-corrected chi connectivity index (χ0v) is 67.6. The molecule has 100 heavy (non-hydrogen) atoms. The first-order valence-corrected chi connectivity index (χ1v) is 44.7. The van der Waals surface area contributed by atoms with Crippen LogP contribution in [0.3, 0.4) is 0 Å². The molecule has 6 atom stereocenters. The molecule has 0 spiro atoms.